The van der Waals surface area contributed by atoms with E-state index in [1.165, 1.54) is 5.56 Å². The Labute approximate surface area is 199 Å². The van der Waals surface area contributed by atoms with Crippen LogP contribution in [0.2, 0.25) is 0 Å². The highest BCUT2D eigenvalue weighted by Crippen LogP contribution is 2.35. The quantitative estimate of drug-likeness (QED) is 0.457. The molecule has 0 saturated heterocycles. The molecule has 1 aliphatic carbocycles. The fourth-order valence-electron chi connectivity index (χ4n) is 4.26. The van der Waals surface area contributed by atoms with Crippen molar-refractivity contribution in [2.45, 2.75) is 51.2 Å². The Morgan fingerprint density at radius 2 is 1.79 bits per heavy atom. The third-order valence-electron chi connectivity index (χ3n) is 6.11. The van der Waals surface area contributed by atoms with Gasteiger partial charge in [0.05, 0.1) is 31.9 Å². The lowest BCUT2D eigenvalue weighted by Crippen LogP contribution is -2.25. The average Bonchev–Trinajstić information content (AvgIpc) is 3.27. The molecule has 1 heterocycles. The number of benzene rings is 2. The van der Waals surface area contributed by atoms with Crippen LogP contribution in [0.1, 0.15) is 65.7 Å². The van der Waals surface area contributed by atoms with Crippen LogP contribution in [0, 0.1) is 11.3 Å². The van der Waals surface area contributed by atoms with Gasteiger partial charge in [-0.25, -0.2) is 9.48 Å². The molecule has 8 nitrogen and oxygen atoms in total. The zero-order valence-corrected chi connectivity index (χ0v) is 19.4. The Morgan fingerprint density at radius 1 is 1.09 bits per heavy atom. The van der Waals surface area contributed by atoms with E-state index in [9.17, 15) is 4.79 Å². The number of hydrogen-bond donors (Lipinski definition) is 0. The van der Waals surface area contributed by atoms with Crippen molar-refractivity contribution in [3.63, 3.8) is 0 Å². The summed E-state index contributed by atoms with van der Waals surface area (Å²) in [6.45, 7) is 2.41. The molecular formula is C26H28N4O4. The van der Waals surface area contributed by atoms with E-state index in [1.54, 1.807) is 18.7 Å². The van der Waals surface area contributed by atoms with Crippen LogP contribution >= 0.6 is 0 Å². The second kappa shape index (κ2) is 10.8. The molecule has 1 aliphatic rings. The molecule has 0 spiro atoms. The highest BCUT2D eigenvalue weighted by molar-refractivity contribution is 5.89. The molecule has 176 valence electrons. The molecule has 34 heavy (non-hydrogen) atoms. The second-order valence-corrected chi connectivity index (χ2v) is 8.29. The van der Waals surface area contributed by atoms with E-state index in [4.69, 9.17) is 19.5 Å². The first-order chi connectivity index (χ1) is 16.6. The van der Waals surface area contributed by atoms with Crippen LogP contribution < -0.4 is 9.47 Å². The van der Waals surface area contributed by atoms with Gasteiger partial charge < -0.3 is 14.2 Å². The number of carbonyl (C=O) groups is 1. The number of carbonyl (C=O) groups excluding carboxylic acids is 1. The molecule has 8 heteroatoms. The molecule has 0 aliphatic heterocycles. The predicted molar refractivity (Wildman–Crippen MR) is 125 cm³/mol. The van der Waals surface area contributed by atoms with Crippen LogP contribution in [-0.4, -0.2) is 40.8 Å². The van der Waals surface area contributed by atoms with Crippen molar-refractivity contribution in [1.82, 2.24) is 15.0 Å². The van der Waals surface area contributed by atoms with Gasteiger partial charge in [0, 0.05) is 0 Å². The van der Waals surface area contributed by atoms with E-state index in [0.717, 1.165) is 37.0 Å². The number of nitrogens with zero attached hydrogens (tertiary/aromatic N) is 4. The lowest BCUT2D eigenvalue weighted by atomic mass is 9.82. The van der Waals surface area contributed by atoms with Gasteiger partial charge in [0.15, 0.2) is 0 Å². The second-order valence-electron chi connectivity index (χ2n) is 8.29. The van der Waals surface area contributed by atoms with Crippen LogP contribution in [0.25, 0.3) is 0 Å². The highest BCUT2D eigenvalue weighted by Gasteiger charge is 2.29. The van der Waals surface area contributed by atoms with Gasteiger partial charge in [0.1, 0.15) is 11.9 Å². The molecule has 2 aromatic carbocycles. The number of aromatic nitrogens is 3. The van der Waals surface area contributed by atoms with Gasteiger partial charge >= 0.3 is 5.97 Å². The van der Waals surface area contributed by atoms with Crippen LogP contribution in [0.4, 0.5) is 0 Å². The maximum absolute atomic E-state index is 12.5. The average molecular weight is 461 g/mol. The summed E-state index contributed by atoms with van der Waals surface area (Å²) >= 11 is 0. The first-order valence-corrected chi connectivity index (χ1v) is 11.5. The predicted octanol–water partition coefficient (Wildman–Crippen LogP) is 4.49. The maximum atomic E-state index is 12.5. The van der Waals surface area contributed by atoms with E-state index >= 15 is 0 Å². The molecule has 0 N–H and O–H groups in total. The first-order valence-electron chi connectivity index (χ1n) is 11.5. The molecule has 0 bridgehead atoms. The number of esters is 1. The molecule has 0 radical (unpaired) electrons. The summed E-state index contributed by atoms with van der Waals surface area (Å²) in [5.41, 5.74) is 3.00. The molecule has 0 unspecified atom stereocenters. The van der Waals surface area contributed by atoms with Crippen LogP contribution in [0.5, 0.6) is 11.6 Å². The summed E-state index contributed by atoms with van der Waals surface area (Å²) in [5.74, 6) is 1.00. The van der Waals surface area contributed by atoms with E-state index in [0.29, 0.717) is 23.9 Å². The smallest absolute Gasteiger partial charge is 0.364 e. The van der Waals surface area contributed by atoms with Crippen molar-refractivity contribution >= 4 is 5.97 Å². The molecule has 0 atom stereocenters. The minimum Gasteiger partial charge on any atom is -0.497 e. The van der Waals surface area contributed by atoms with Crippen LogP contribution in [0.15, 0.2) is 48.5 Å². The lowest BCUT2D eigenvalue weighted by Gasteiger charge is -2.29. The van der Waals surface area contributed by atoms with Gasteiger partial charge in [-0.05, 0) is 73.9 Å². The largest absolute Gasteiger partial charge is 0.497 e. The van der Waals surface area contributed by atoms with Gasteiger partial charge in [0.2, 0.25) is 11.6 Å². The summed E-state index contributed by atoms with van der Waals surface area (Å²) in [5, 5.41) is 17.3. The zero-order chi connectivity index (χ0) is 23.9. The van der Waals surface area contributed by atoms with Crippen molar-refractivity contribution in [3.05, 3.63) is 70.9 Å². The van der Waals surface area contributed by atoms with Gasteiger partial charge in [-0.3, -0.25) is 0 Å². The minimum absolute atomic E-state index is 0.0454. The van der Waals surface area contributed by atoms with E-state index in [2.05, 4.69) is 16.4 Å². The summed E-state index contributed by atoms with van der Waals surface area (Å²) in [6.07, 6.45) is 3.58. The van der Waals surface area contributed by atoms with Crippen LogP contribution in [-0.2, 0) is 11.3 Å². The summed E-state index contributed by atoms with van der Waals surface area (Å²) in [6, 6.07) is 17.6. The molecule has 1 aromatic heterocycles. The van der Waals surface area contributed by atoms with Crippen molar-refractivity contribution in [2.75, 3.05) is 13.7 Å². The van der Waals surface area contributed by atoms with E-state index in [1.807, 2.05) is 48.5 Å². The highest BCUT2D eigenvalue weighted by atomic mass is 16.5. The van der Waals surface area contributed by atoms with Crippen molar-refractivity contribution in [2.24, 2.45) is 0 Å². The monoisotopic (exact) mass is 460 g/mol. The minimum atomic E-state index is -0.537. The summed E-state index contributed by atoms with van der Waals surface area (Å²) in [7, 11) is 1.63. The van der Waals surface area contributed by atoms with Crippen molar-refractivity contribution in [1.29, 1.82) is 5.26 Å². The van der Waals surface area contributed by atoms with Gasteiger partial charge in [-0.15, -0.1) is 5.10 Å². The Bertz CT molecular complexity index is 1140. The van der Waals surface area contributed by atoms with Gasteiger partial charge in [-0.2, -0.15) is 5.26 Å². The maximum Gasteiger partial charge on any atom is 0.364 e. The lowest BCUT2D eigenvalue weighted by molar-refractivity contribution is 0.0507. The Morgan fingerprint density at radius 3 is 2.41 bits per heavy atom. The Kier molecular flexibility index (Phi) is 7.43. The number of methoxy groups -OCH3 is 1. The van der Waals surface area contributed by atoms with Gasteiger partial charge in [0.25, 0.3) is 0 Å². The van der Waals surface area contributed by atoms with Crippen molar-refractivity contribution < 1.29 is 19.0 Å². The molecule has 0 amide bonds. The molecule has 3 aromatic rings. The standard InChI is InChI=1S/C26H28N4O4/c1-3-33-26(31)24-25(30(29-28-24)17-19-6-12-22(32-2)13-7-19)34-23-14-10-21(11-15-23)20-8-4-18(16-27)5-9-20/h4-9,12-13,21,23H,3,10-11,14-15,17H2,1-2H3/t21-,23+. The third kappa shape index (κ3) is 5.37. The Balaban J connectivity index is 1.47. The third-order valence-corrected chi connectivity index (χ3v) is 6.11. The van der Waals surface area contributed by atoms with Crippen molar-refractivity contribution in [3.8, 4) is 17.7 Å². The normalized spacial score (nSPS) is 17.6. The van der Waals surface area contributed by atoms with E-state index in [-0.39, 0.29) is 18.4 Å². The number of nitriles is 1. The fraction of sp³-hybridized carbons (Fsp3) is 0.385. The molecular weight excluding hydrogens is 432 g/mol. The molecule has 4 rings (SSSR count). The number of rotatable bonds is 8. The Hall–Kier alpha value is -3.86. The van der Waals surface area contributed by atoms with Crippen LogP contribution in [0.3, 0.4) is 0 Å². The van der Waals surface area contributed by atoms with E-state index < -0.39 is 5.97 Å². The number of hydrogen-bond acceptors (Lipinski definition) is 7. The molecule has 1 fully saturated rings. The fourth-order valence-corrected chi connectivity index (χ4v) is 4.26. The topological polar surface area (TPSA) is 99.3 Å². The number of ether oxygens (including phenoxy) is 3. The first kappa shape index (κ1) is 23.3. The summed E-state index contributed by atoms with van der Waals surface area (Å²) < 4.78 is 18.3. The molecule has 1 saturated carbocycles. The summed E-state index contributed by atoms with van der Waals surface area (Å²) in [4.78, 5) is 12.5. The zero-order valence-electron chi connectivity index (χ0n) is 19.4. The SMILES string of the molecule is CCOC(=O)c1nnn(Cc2ccc(OC)cc2)c1O[C@H]1CC[C@@H](c2ccc(C#N)cc2)CC1. The van der Waals surface area contributed by atoms with Gasteiger partial charge in [-0.1, -0.05) is 29.5 Å².